The molecule has 1 saturated heterocycles. The van der Waals surface area contributed by atoms with Crippen LogP contribution in [0.2, 0.25) is 0 Å². The fourth-order valence-corrected chi connectivity index (χ4v) is 4.69. The summed E-state index contributed by atoms with van der Waals surface area (Å²) in [5.41, 5.74) is 3.13. The van der Waals surface area contributed by atoms with Crippen LogP contribution in [0.5, 0.6) is 0 Å². The second-order valence-electron chi connectivity index (χ2n) is 9.48. The minimum atomic E-state index is -0.694. The Morgan fingerprint density at radius 1 is 0.641 bits per heavy atom. The third-order valence-electron chi connectivity index (χ3n) is 6.62. The molecule has 0 aliphatic carbocycles. The Morgan fingerprint density at radius 3 is 1.59 bits per heavy atom. The molecule has 39 heavy (non-hydrogen) atoms. The number of rotatable bonds is 12. The van der Waals surface area contributed by atoms with Crippen molar-refractivity contribution in [1.29, 1.82) is 0 Å². The fourth-order valence-electron chi connectivity index (χ4n) is 4.69. The number of benzene rings is 3. The quantitative estimate of drug-likeness (QED) is 0.252. The standard InChI is InChI=1S/C31H34N2O6/c1-22-32-33-27(38-22)18-26-28(35-19-23-12-6-3-7-13-23)29(36-20-24-14-8-4-9-15-24)30(31(34-2)39-26)37-21-25-16-10-5-11-17-25/h3-17,26,28-31H,18-21H2,1-2H3/t26-,28+,29+,30-,31+/m1/s1. The highest BCUT2D eigenvalue weighted by atomic mass is 16.7. The maximum absolute atomic E-state index is 6.60. The van der Waals surface area contributed by atoms with Crippen molar-refractivity contribution in [2.75, 3.05) is 7.11 Å². The summed E-state index contributed by atoms with van der Waals surface area (Å²) in [4.78, 5) is 0. The Labute approximate surface area is 228 Å². The van der Waals surface area contributed by atoms with Gasteiger partial charge in [0.2, 0.25) is 11.8 Å². The van der Waals surface area contributed by atoms with Crippen LogP contribution < -0.4 is 0 Å². The Morgan fingerprint density at radius 2 is 1.13 bits per heavy atom. The van der Waals surface area contributed by atoms with Gasteiger partial charge in [0.05, 0.1) is 32.3 Å². The first-order chi connectivity index (χ1) is 19.2. The number of ether oxygens (including phenoxy) is 5. The Kier molecular flexibility index (Phi) is 9.47. The first kappa shape index (κ1) is 27.2. The van der Waals surface area contributed by atoms with Crippen LogP contribution in [-0.4, -0.2) is 48.0 Å². The van der Waals surface area contributed by atoms with Crippen molar-refractivity contribution in [3.8, 4) is 0 Å². The van der Waals surface area contributed by atoms with Gasteiger partial charge in [-0.2, -0.15) is 0 Å². The molecule has 0 saturated carbocycles. The number of methoxy groups -OCH3 is 1. The average Bonchev–Trinajstić information content (AvgIpc) is 3.40. The van der Waals surface area contributed by atoms with Crippen LogP contribution in [0, 0.1) is 6.92 Å². The monoisotopic (exact) mass is 530 g/mol. The molecule has 0 spiro atoms. The highest BCUT2D eigenvalue weighted by Crippen LogP contribution is 2.32. The normalized spacial score (nSPS) is 23.1. The third kappa shape index (κ3) is 7.38. The second kappa shape index (κ2) is 13.6. The van der Waals surface area contributed by atoms with E-state index >= 15 is 0 Å². The first-order valence-corrected chi connectivity index (χ1v) is 13.1. The summed E-state index contributed by atoms with van der Waals surface area (Å²) < 4.78 is 37.6. The third-order valence-corrected chi connectivity index (χ3v) is 6.62. The number of aryl methyl sites for hydroxylation is 1. The molecule has 1 aromatic heterocycles. The van der Waals surface area contributed by atoms with Crippen LogP contribution in [0.25, 0.3) is 0 Å². The van der Waals surface area contributed by atoms with Crippen LogP contribution in [-0.2, 0) is 49.9 Å². The maximum atomic E-state index is 6.60. The molecular formula is C31H34N2O6. The second-order valence-corrected chi connectivity index (χ2v) is 9.48. The lowest BCUT2D eigenvalue weighted by atomic mass is 9.95. The van der Waals surface area contributed by atoms with E-state index < -0.39 is 30.7 Å². The zero-order chi connectivity index (χ0) is 26.9. The highest BCUT2D eigenvalue weighted by Gasteiger charge is 2.49. The molecule has 2 heterocycles. The summed E-state index contributed by atoms with van der Waals surface area (Å²) in [5, 5.41) is 8.17. The van der Waals surface area contributed by atoms with Crippen molar-refractivity contribution in [3.63, 3.8) is 0 Å². The molecule has 1 aliphatic rings. The largest absolute Gasteiger partial charge is 0.425 e. The van der Waals surface area contributed by atoms with E-state index in [-0.39, 0.29) is 0 Å². The van der Waals surface area contributed by atoms with Crippen LogP contribution in [0.1, 0.15) is 28.5 Å². The fraction of sp³-hybridized carbons (Fsp3) is 0.355. The predicted octanol–water partition coefficient (Wildman–Crippen LogP) is 5.05. The predicted molar refractivity (Wildman–Crippen MR) is 143 cm³/mol. The van der Waals surface area contributed by atoms with E-state index in [1.54, 1.807) is 14.0 Å². The van der Waals surface area contributed by atoms with Crippen molar-refractivity contribution in [2.45, 2.75) is 63.9 Å². The van der Waals surface area contributed by atoms with Gasteiger partial charge in [-0.1, -0.05) is 91.0 Å². The molecule has 1 fully saturated rings. The minimum Gasteiger partial charge on any atom is -0.425 e. The van der Waals surface area contributed by atoms with Gasteiger partial charge in [0, 0.05) is 14.0 Å². The van der Waals surface area contributed by atoms with Crippen molar-refractivity contribution < 1.29 is 28.1 Å². The maximum Gasteiger partial charge on any atom is 0.219 e. The van der Waals surface area contributed by atoms with Crippen LogP contribution in [0.3, 0.4) is 0 Å². The van der Waals surface area contributed by atoms with Gasteiger partial charge in [0.1, 0.15) is 18.3 Å². The SMILES string of the molecule is CO[C@H]1O[C@H](Cc2nnc(C)o2)[C@H](OCc2ccccc2)[C@H](OCc2ccccc2)[C@H]1OCc1ccccc1. The molecule has 204 valence electrons. The van der Waals surface area contributed by atoms with E-state index in [0.29, 0.717) is 38.0 Å². The lowest BCUT2D eigenvalue weighted by molar-refractivity contribution is -0.318. The highest BCUT2D eigenvalue weighted by molar-refractivity contribution is 5.16. The lowest BCUT2D eigenvalue weighted by Gasteiger charge is -2.45. The molecule has 5 atom stereocenters. The summed E-state index contributed by atoms with van der Waals surface area (Å²) in [5.74, 6) is 0.956. The summed E-state index contributed by atoms with van der Waals surface area (Å²) >= 11 is 0. The zero-order valence-electron chi connectivity index (χ0n) is 22.2. The summed E-state index contributed by atoms with van der Waals surface area (Å²) in [6, 6.07) is 30.1. The van der Waals surface area contributed by atoms with Gasteiger partial charge < -0.3 is 28.1 Å². The van der Waals surface area contributed by atoms with E-state index in [1.165, 1.54) is 0 Å². The molecule has 0 amide bonds. The Balaban J connectivity index is 1.43. The van der Waals surface area contributed by atoms with Gasteiger partial charge in [-0.25, -0.2) is 0 Å². The molecule has 4 aromatic rings. The van der Waals surface area contributed by atoms with Crippen molar-refractivity contribution in [3.05, 3.63) is 119 Å². The molecule has 0 radical (unpaired) electrons. The molecule has 0 bridgehead atoms. The molecule has 0 unspecified atom stereocenters. The van der Waals surface area contributed by atoms with Crippen LogP contribution in [0.4, 0.5) is 0 Å². The number of hydrogen-bond donors (Lipinski definition) is 0. The molecule has 5 rings (SSSR count). The van der Waals surface area contributed by atoms with Gasteiger partial charge in [-0.05, 0) is 16.7 Å². The zero-order valence-corrected chi connectivity index (χ0v) is 22.2. The molecule has 1 aliphatic heterocycles. The number of nitrogens with zero attached hydrogens (tertiary/aromatic N) is 2. The van der Waals surface area contributed by atoms with E-state index in [4.69, 9.17) is 28.1 Å². The van der Waals surface area contributed by atoms with Gasteiger partial charge in [0.25, 0.3) is 0 Å². The van der Waals surface area contributed by atoms with E-state index in [1.807, 2.05) is 91.0 Å². The Hall–Kier alpha value is -3.40. The topological polar surface area (TPSA) is 85.1 Å². The first-order valence-electron chi connectivity index (χ1n) is 13.1. The van der Waals surface area contributed by atoms with Crippen molar-refractivity contribution in [1.82, 2.24) is 10.2 Å². The molecule has 0 N–H and O–H groups in total. The summed E-state index contributed by atoms with van der Waals surface area (Å²) in [7, 11) is 1.61. The van der Waals surface area contributed by atoms with Gasteiger partial charge in [-0.15, -0.1) is 10.2 Å². The van der Waals surface area contributed by atoms with E-state index in [9.17, 15) is 0 Å². The van der Waals surface area contributed by atoms with Crippen LogP contribution >= 0.6 is 0 Å². The molecule has 8 heteroatoms. The van der Waals surface area contributed by atoms with Gasteiger partial charge >= 0.3 is 0 Å². The summed E-state index contributed by atoms with van der Waals surface area (Å²) in [6.45, 7) is 2.89. The average molecular weight is 531 g/mol. The number of aromatic nitrogens is 2. The van der Waals surface area contributed by atoms with E-state index in [2.05, 4.69) is 10.2 Å². The number of hydrogen-bond acceptors (Lipinski definition) is 8. The van der Waals surface area contributed by atoms with E-state index in [0.717, 1.165) is 16.7 Å². The molecular weight excluding hydrogens is 496 g/mol. The smallest absolute Gasteiger partial charge is 0.219 e. The van der Waals surface area contributed by atoms with Gasteiger partial charge in [0.15, 0.2) is 6.29 Å². The Bertz CT molecular complexity index is 1250. The summed E-state index contributed by atoms with van der Waals surface area (Å²) in [6.07, 6.45) is -2.40. The van der Waals surface area contributed by atoms with Crippen molar-refractivity contribution >= 4 is 0 Å². The molecule has 3 aromatic carbocycles. The lowest BCUT2D eigenvalue weighted by Crippen LogP contribution is -2.61. The van der Waals surface area contributed by atoms with Crippen LogP contribution in [0.15, 0.2) is 95.4 Å². The molecule has 8 nitrogen and oxygen atoms in total. The van der Waals surface area contributed by atoms with Crippen molar-refractivity contribution in [2.24, 2.45) is 0 Å². The minimum absolute atomic E-state index is 0.344. The van der Waals surface area contributed by atoms with Gasteiger partial charge in [-0.3, -0.25) is 0 Å².